The van der Waals surface area contributed by atoms with Crippen LogP contribution in [0.1, 0.15) is 5.56 Å². The first-order valence-corrected chi connectivity index (χ1v) is 11.2. The highest BCUT2D eigenvalue weighted by Gasteiger charge is 2.23. The Morgan fingerprint density at radius 1 is 1.12 bits per heavy atom. The van der Waals surface area contributed by atoms with Crippen LogP contribution < -0.4 is 10.2 Å². The zero-order valence-corrected chi connectivity index (χ0v) is 19.3. The molecule has 1 aliphatic heterocycles. The molecule has 1 fully saturated rings. The smallest absolute Gasteiger partial charge is 0.248 e. The second kappa shape index (κ2) is 11.2. The third-order valence-corrected chi connectivity index (χ3v) is 5.84. The third-order valence-electron chi connectivity index (χ3n) is 5.47. The summed E-state index contributed by atoms with van der Waals surface area (Å²) in [6.45, 7) is 4.10. The van der Waals surface area contributed by atoms with Crippen LogP contribution in [0.3, 0.4) is 0 Å². The highest BCUT2D eigenvalue weighted by molar-refractivity contribution is 6.31. The molecule has 1 N–H and O–H groups in total. The van der Waals surface area contributed by atoms with E-state index in [1.54, 1.807) is 19.5 Å². The molecular formula is C23H27ClN6O3. The zero-order chi connectivity index (χ0) is 23.0. The Morgan fingerprint density at radius 2 is 1.94 bits per heavy atom. The number of methoxy groups -OCH3 is 1. The van der Waals surface area contributed by atoms with Crippen LogP contribution in [0.25, 0.3) is 10.9 Å². The number of rotatable bonds is 9. The van der Waals surface area contributed by atoms with E-state index in [-0.39, 0.29) is 12.5 Å². The molecule has 0 aliphatic carbocycles. The minimum Gasteiger partial charge on any atom is -0.382 e. The molecular weight excluding hydrogens is 444 g/mol. The molecule has 174 valence electrons. The molecule has 0 radical (unpaired) electrons. The SMILES string of the molecule is COCCOCC(=O)N1CCN(c2nccc3nc(NCc4ccccc4Cl)ncc23)CC1. The fraction of sp³-hybridized carbons (Fsp3) is 0.391. The molecule has 1 aromatic carbocycles. The normalized spacial score (nSPS) is 14.0. The number of halogens is 1. The third kappa shape index (κ3) is 5.87. The summed E-state index contributed by atoms with van der Waals surface area (Å²) in [5.41, 5.74) is 1.79. The topological polar surface area (TPSA) is 92.7 Å². The molecule has 0 unspecified atom stereocenters. The van der Waals surface area contributed by atoms with Crippen molar-refractivity contribution >= 4 is 40.2 Å². The lowest BCUT2D eigenvalue weighted by Crippen LogP contribution is -2.50. The molecule has 1 aliphatic rings. The lowest BCUT2D eigenvalue weighted by molar-refractivity contribution is -0.136. The first-order valence-electron chi connectivity index (χ1n) is 10.8. The van der Waals surface area contributed by atoms with Crippen LogP contribution in [0, 0.1) is 0 Å². The van der Waals surface area contributed by atoms with Crippen LogP contribution in [-0.4, -0.2) is 78.9 Å². The fourth-order valence-electron chi connectivity index (χ4n) is 3.66. The van der Waals surface area contributed by atoms with Crippen molar-refractivity contribution in [1.82, 2.24) is 19.9 Å². The second-order valence-corrected chi connectivity index (χ2v) is 8.03. The number of anilines is 2. The Bertz CT molecular complexity index is 1090. The maximum Gasteiger partial charge on any atom is 0.248 e. The van der Waals surface area contributed by atoms with E-state index in [0.717, 1.165) is 22.3 Å². The van der Waals surface area contributed by atoms with Crippen molar-refractivity contribution in [3.63, 3.8) is 0 Å². The van der Waals surface area contributed by atoms with E-state index in [2.05, 4.69) is 25.2 Å². The van der Waals surface area contributed by atoms with Gasteiger partial charge in [0, 0.05) is 57.2 Å². The highest BCUT2D eigenvalue weighted by atomic mass is 35.5. The van der Waals surface area contributed by atoms with Gasteiger partial charge in [0.1, 0.15) is 12.4 Å². The van der Waals surface area contributed by atoms with Gasteiger partial charge >= 0.3 is 0 Å². The van der Waals surface area contributed by atoms with Crippen LogP contribution >= 0.6 is 11.6 Å². The number of aromatic nitrogens is 3. The Labute approximate surface area is 197 Å². The summed E-state index contributed by atoms with van der Waals surface area (Å²) in [6, 6.07) is 9.55. The van der Waals surface area contributed by atoms with Gasteiger partial charge in [0.05, 0.1) is 24.1 Å². The van der Waals surface area contributed by atoms with Gasteiger partial charge in [-0.05, 0) is 17.7 Å². The van der Waals surface area contributed by atoms with Crippen LogP contribution in [0.15, 0.2) is 42.7 Å². The number of nitrogens with one attached hydrogen (secondary N) is 1. The van der Waals surface area contributed by atoms with Crippen LogP contribution in [0.2, 0.25) is 5.02 Å². The number of carbonyl (C=O) groups is 1. The molecule has 3 heterocycles. The summed E-state index contributed by atoms with van der Waals surface area (Å²) < 4.78 is 10.3. The van der Waals surface area contributed by atoms with Gasteiger partial charge in [0.15, 0.2) is 0 Å². The minimum absolute atomic E-state index is 0.00537. The van der Waals surface area contributed by atoms with Gasteiger partial charge < -0.3 is 24.6 Å². The maximum atomic E-state index is 12.3. The van der Waals surface area contributed by atoms with Crippen molar-refractivity contribution < 1.29 is 14.3 Å². The predicted octanol–water partition coefficient (Wildman–Crippen LogP) is 2.60. The van der Waals surface area contributed by atoms with Gasteiger partial charge in [-0.15, -0.1) is 0 Å². The summed E-state index contributed by atoms with van der Waals surface area (Å²) in [7, 11) is 1.61. The Hall–Kier alpha value is -3.01. The number of carbonyl (C=O) groups excluding carboxylic acids is 1. The minimum atomic E-state index is -0.00537. The van der Waals surface area contributed by atoms with Crippen molar-refractivity contribution in [2.24, 2.45) is 0 Å². The number of piperazine rings is 1. The van der Waals surface area contributed by atoms with Crippen LogP contribution in [0.5, 0.6) is 0 Å². The summed E-state index contributed by atoms with van der Waals surface area (Å²) >= 11 is 6.23. The number of pyridine rings is 1. The quantitative estimate of drug-likeness (QED) is 0.477. The summed E-state index contributed by atoms with van der Waals surface area (Å²) in [6.07, 6.45) is 3.55. The lowest BCUT2D eigenvalue weighted by Gasteiger charge is -2.35. The molecule has 1 amide bonds. The van der Waals surface area contributed by atoms with Gasteiger partial charge in [0.25, 0.3) is 0 Å². The molecule has 33 heavy (non-hydrogen) atoms. The van der Waals surface area contributed by atoms with Crippen molar-refractivity contribution in [1.29, 1.82) is 0 Å². The van der Waals surface area contributed by atoms with Gasteiger partial charge in [-0.3, -0.25) is 4.79 Å². The molecule has 0 atom stereocenters. The summed E-state index contributed by atoms with van der Waals surface area (Å²) in [5, 5.41) is 4.81. The molecule has 0 saturated carbocycles. The van der Waals surface area contributed by atoms with Crippen LogP contribution in [-0.2, 0) is 20.8 Å². The van der Waals surface area contributed by atoms with Crippen molar-refractivity contribution in [2.45, 2.75) is 6.54 Å². The maximum absolute atomic E-state index is 12.3. The van der Waals surface area contributed by atoms with E-state index in [9.17, 15) is 4.79 Å². The van der Waals surface area contributed by atoms with Gasteiger partial charge in [-0.1, -0.05) is 29.8 Å². The number of benzene rings is 1. The van der Waals surface area contributed by atoms with E-state index in [1.807, 2.05) is 35.2 Å². The number of nitrogens with zero attached hydrogens (tertiary/aromatic N) is 5. The molecule has 10 heteroatoms. The fourth-order valence-corrected chi connectivity index (χ4v) is 3.86. The molecule has 9 nitrogen and oxygen atoms in total. The Kier molecular flexibility index (Phi) is 7.87. The molecule has 3 aromatic rings. The van der Waals surface area contributed by atoms with E-state index < -0.39 is 0 Å². The van der Waals surface area contributed by atoms with Gasteiger partial charge in [0.2, 0.25) is 11.9 Å². The monoisotopic (exact) mass is 470 g/mol. The van der Waals surface area contributed by atoms with Gasteiger partial charge in [-0.2, -0.15) is 0 Å². The van der Waals surface area contributed by atoms with E-state index in [1.165, 1.54) is 0 Å². The molecule has 1 saturated heterocycles. The number of ether oxygens (including phenoxy) is 2. The number of amides is 1. The van der Waals surface area contributed by atoms with E-state index in [0.29, 0.717) is 56.9 Å². The van der Waals surface area contributed by atoms with Crippen molar-refractivity contribution in [3.05, 3.63) is 53.3 Å². The van der Waals surface area contributed by atoms with Crippen molar-refractivity contribution in [2.75, 3.05) is 63.3 Å². The Balaban J connectivity index is 1.38. The molecule has 0 bridgehead atoms. The molecule has 0 spiro atoms. The first-order chi connectivity index (χ1) is 16.2. The van der Waals surface area contributed by atoms with Gasteiger partial charge in [-0.25, -0.2) is 15.0 Å². The largest absolute Gasteiger partial charge is 0.382 e. The first kappa shape index (κ1) is 23.2. The average Bonchev–Trinajstić information content (AvgIpc) is 2.85. The standard InChI is InChI=1S/C23H27ClN6O3/c1-32-12-13-33-16-21(31)29-8-10-30(11-9-29)22-18-15-27-23(28-20(18)6-7-25-22)26-14-17-4-2-3-5-19(17)24/h2-7,15H,8-14,16H2,1H3,(H,26,27,28). The zero-order valence-electron chi connectivity index (χ0n) is 18.5. The number of hydrogen-bond acceptors (Lipinski definition) is 8. The Morgan fingerprint density at radius 3 is 2.73 bits per heavy atom. The van der Waals surface area contributed by atoms with Crippen LogP contribution in [0.4, 0.5) is 11.8 Å². The highest BCUT2D eigenvalue weighted by Crippen LogP contribution is 2.25. The number of fused-ring (bicyclic) bond motifs is 1. The van der Waals surface area contributed by atoms with E-state index >= 15 is 0 Å². The number of hydrogen-bond donors (Lipinski definition) is 1. The summed E-state index contributed by atoms with van der Waals surface area (Å²) in [4.78, 5) is 30.0. The van der Waals surface area contributed by atoms with Crippen molar-refractivity contribution in [3.8, 4) is 0 Å². The van der Waals surface area contributed by atoms with E-state index in [4.69, 9.17) is 21.1 Å². The average molecular weight is 471 g/mol. The molecule has 4 rings (SSSR count). The summed E-state index contributed by atoms with van der Waals surface area (Å²) in [5.74, 6) is 1.35. The lowest BCUT2D eigenvalue weighted by atomic mass is 10.2. The molecule has 2 aromatic heterocycles. The second-order valence-electron chi connectivity index (χ2n) is 7.62. The predicted molar refractivity (Wildman–Crippen MR) is 128 cm³/mol.